The van der Waals surface area contributed by atoms with Crippen LogP contribution in [-0.2, 0) is 0 Å². The van der Waals surface area contributed by atoms with Gasteiger partial charge in [-0.25, -0.2) is 4.79 Å². The van der Waals surface area contributed by atoms with Gasteiger partial charge in [0, 0.05) is 11.1 Å². The van der Waals surface area contributed by atoms with E-state index in [1.807, 2.05) is 0 Å². The van der Waals surface area contributed by atoms with Gasteiger partial charge in [0.2, 0.25) is 0 Å². The van der Waals surface area contributed by atoms with Gasteiger partial charge in [-0.3, -0.25) is 0 Å². The van der Waals surface area contributed by atoms with Gasteiger partial charge in [0.05, 0.1) is 5.56 Å². The predicted octanol–water partition coefficient (Wildman–Crippen LogP) is 2.06. The van der Waals surface area contributed by atoms with Crippen LogP contribution in [-0.4, -0.2) is 11.1 Å². The lowest BCUT2D eigenvalue weighted by Crippen LogP contribution is -2.11. The Hall–Kier alpha value is -1.06. The van der Waals surface area contributed by atoms with Crippen LogP contribution >= 0.6 is 11.6 Å². The van der Waals surface area contributed by atoms with E-state index in [9.17, 15) is 4.79 Å². The van der Waals surface area contributed by atoms with Crippen LogP contribution in [0.1, 0.15) is 28.9 Å². The summed E-state index contributed by atoms with van der Waals surface area (Å²) in [6.45, 7) is 1.72. The second kappa shape index (κ2) is 3.77. The Morgan fingerprint density at radius 3 is 2.69 bits per heavy atom. The van der Waals surface area contributed by atoms with Crippen LogP contribution in [0.15, 0.2) is 18.2 Å². The largest absolute Gasteiger partial charge is 0.478 e. The van der Waals surface area contributed by atoms with Crippen LogP contribution in [0.25, 0.3) is 0 Å². The second-order valence-corrected chi connectivity index (χ2v) is 3.26. The standard InChI is InChI=1S/C9H10ClNO2/c1-5(11)8-4-6(10)2-3-7(8)9(12)13/h2-5H,11H2,1H3,(H,12,13). The molecule has 70 valence electrons. The molecule has 0 bridgehead atoms. The van der Waals surface area contributed by atoms with Crippen molar-refractivity contribution in [2.24, 2.45) is 5.73 Å². The molecular formula is C9H10ClNO2. The molecule has 1 aromatic rings. The summed E-state index contributed by atoms with van der Waals surface area (Å²) in [5.41, 5.74) is 6.36. The normalized spacial score (nSPS) is 12.5. The monoisotopic (exact) mass is 199 g/mol. The predicted molar refractivity (Wildman–Crippen MR) is 51.0 cm³/mol. The zero-order valence-corrected chi connectivity index (χ0v) is 7.88. The number of hydrogen-bond donors (Lipinski definition) is 2. The van der Waals surface area contributed by atoms with Gasteiger partial charge in [-0.05, 0) is 30.7 Å². The summed E-state index contributed by atoms with van der Waals surface area (Å²) >= 11 is 5.72. The lowest BCUT2D eigenvalue weighted by atomic mass is 10.0. The van der Waals surface area contributed by atoms with Crippen LogP contribution in [0.2, 0.25) is 5.02 Å². The first-order valence-corrected chi connectivity index (χ1v) is 4.18. The number of halogens is 1. The maximum Gasteiger partial charge on any atom is 0.336 e. The fourth-order valence-corrected chi connectivity index (χ4v) is 1.29. The van der Waals surface area contributed by atoms with Crippen LogP contribution in [0.4, 0.5) is 0 Å². The topological polar surface area (TPSA) is 63.3 Å². The van der Waals surface area contributed by atoms with Crippen LogP contribution in [0.5, 0.6) is 0 Å². The number of carboxylic acids is 1. The van der Waals surface area contributed by atoms with E-state index in [2.05, 4.69) is 0 Å². The molecule has 0 saturated heterocycles. The molecule has 0 fully saturated rings. The number of carboxylic acid groups (broad SMARTS) is 1. The molecule has 1 rings (SSSR count). The summed E-state index contributed by atoms with van der Waals surface area (Å²) < 4.78 is 0. The van der Waals surface area contributed by atoms with E-state index in [0.717, 1.165) is 0 Å². The van der Waals surface area contributed by atoms with Crippen molar-refractivity contribution in [3.05, 3.63) is 34.3 Å². The van der Waals surface area contributed by atoms with Crippen molar-refractivity contribution in [3.63, 3.8) is 0 Å². The van der Waals surface area contributed by atoms with Crippen molar-refractivity contribution in [1.29, 1.82) is 0 Å². The molecule has 1 atom stereocenters. The maximum absolute atomic E-state index is 10.7. The van der Waals surface area contributed by atoms with Gasteiger partial charge >= 0.3 is 5.97 Å². The van der Waals surface area contributed by atoms with Crippen molar-refractivity contribution < 1.29 is 9.90 Å². The summed E-state index contributed by atoms with van der Waals surface area (Å²) in [7, 11) is 0. The summed E-state index contributed by atoms with van der Waals surface area (Å²) in [6.07, 6.45) is 0. The fraction of sp³-hybridized carbons (Fsp3) is 0.222. The Morgan fingerprint density at radius 1 is 1.62 bits per heavy atom. The van der Waals surface area contributed by atoms with Crippen LogP contribution < -0.4 is 5.73 Å². The number of rotatable bonds is 2. The molecule has 0 aliphatic carbocycles. The van der Waals surface area contributed by atoms with E-state index in [1.165, 1.54) is 12.1 Å². The molecule has 1 unspecified atom stereocenters. The molecule has 3 nitrogen and oxygen atoms in total. The Morgan fingerprint density at radius 2 is 2.23 bits per heavy atom. The van der Waals surface area contributed by atoms with E-state index in [-0.39, 0.29) is 11.6 Å². The van der Waals surface area contributed by atoms with E-state index < -0.39 is 5.97 Å². The van der Waals surface area contributed by atoms with Gasteiger partial charge < -0.3 is 10.8 Å². The molecule has 0 aromatic heterocycles. The van der Waals surface area contributed by atoms with E-state index in [4.69, 9.17) is 22.4 Å². The highest BCUT2D eigenvalue weighted by Crippen LogP contribution is 2.20. The van der Waals surface area contributed by atoms with Crippen molar-refractivity contribution >= 4 is 17.6 Å². The lowest BCUT2D eigenvalue weighted by molar-refractivity contribution is 0.0695. The summed E-state index contributed by atoms with van der Waals surface area (Å²) in [6, 6.07) is 4.25. The van der Waals surface area contributed by atoms with Crippen molar-refractivity contribution in [2.75, 3.05) is 0 Å². The third kappa shape index (κ3) is 2.20. The molecule has 0 aliphatic heterocycles. The molecule has 13 heavy (non-hydrogen) atoms. The first-order chi connectivity index (χ1) is 6.02. The van der Waals surface area contributed by atoms with Gasteiger partial charge in [-0.1, -0.05) is 11.6 Å². The SMILES string of the molecule is CC(N)c1cc(Cl)ccc1C(=O)O. The minimum absolute atomic E-state index is 0.208. The van der Waals surface area contributed by atoms with Gasteiger partial charge in [0.25, 0.3) is 0 Å². The Balaban J connectivity index is 3.26. The zero-order valence-electron chi connectivity index (χ0n) is 7.12. The molecule has 0 saturated carbocycles. The average molecular weight is 200 g/mol. The molecule has 0 spiro atoms. The molecular weight excluding hydrogens is 190 g/mol. The number of carbonyl (C=O) groups is 1. The van der Waals surface area contributed by atoms with Gasteiger partial charge in [0.15, 0.2) is 0 Å². The smallest absolute Gasteiger partial charge is 0.336 e. The molecule has 4 heteroatoms. The van der Waals surface area contributed by atoms with Crippen LogP contribution in [0, 0.1) is 0 Å². The highest BCUT2D eigenvalue weighted by Gasteiger charge is 2.12. The third-order valence-electron chi connectivity index (χ3n) is 1.73. The third-order valence-corrected chi connectivity index (χ3v) is 1.97. The minimum Gasteiger partial charge on any atom is -0.478 e. The molecule has 0 amide bonds. The number of benzene rings is 1. The lowest BCUT2D eigenvalue weighted by Gasteiger charge is -2.09. The van der Waals surface area contributed by atoms with E-state index >= 15 is 0 Å². The van der Waals surface area contributed by atoms with Crippen molar-refractivity contribution in [2.45, 2.75) is 13.0 Å². The van der Waals surface area contributed by atoms with E-state index in [1.54, 1.807) is 13.0 Å². The Kier molecular flexibility index (Phi) is 2.90. The average Bonchev–Trinajstić information content (AvgIpc) is 2.03. The van der Waals surface area contributed by atoms with Crippen molar-refractivity contribution in [1.82, 2.24) is 0 Å². The molecule has 0 radical (unpaired) electrons. The highest BCUT2D eigenvalue weighted by molar-refractivity contribution is 6.30. The molecule has 1 aromatic carbocycles. The van der Waals surface area contributed by atoms with Gasteiger partial charge in [-0.15, -0.1) is 0 Å². The zero-order chi connectivity index (χ0) is 10.0. The summed E-state index contributed by atoms with van der Waals surface area (Å²) in [5.74, 6) is -0.982. The second-order valence-electron chi connectivity index (χ2n) is 2.83. The number of hydrogen-bond acceptors (Lipinski definition) is 2. The summed E-state index contributed by atoms with van der Waals surface area (Å²) in [5, 5.41) is 9.30. The van der Waals surface area contributed by atoms with Crippen molar-refractivity contribution in [3.8, 4) is 0 Å². The first-order valence-electron chi connectivity index (χ1n) is 3.80. The van der Waals surface area contributed by atoms with Gasteiger partial charge in [0.1, 0.15) is 0 Å². The van der Waals surface area contributed by atoms with Crippen LogP contribution in [0.3, 0.4) is 0 Å². The van der Waals surface area contributed by atoms with E-state index in [0.29, 0.717) is 10.6 Å². The Bertz CT molecular complexity index is 336. The number of nitrogens with two attached hydrogens (primary N) is 1. The molecule has 0 aliphatic rings. The fourth-order valence-electron chi connectivity index (χ4n) is 1.11. The molecule has 3 N–H and O–H groups in total. The summed E-state index contributed by atoms with van der Waals surface area (Å²) in [4.78, 5) is 10.7. The van der Waals surface area contributed by atoms with Gasteiger partial charge in [-0.2, -0.15) is 0 Å². The Labute approximate surface area is 81.1 Å². The number of aromatic carboxylic acids is 1. The quantitative estimate of drug-likeness (QED) is 0.767. The molecule has 0 heterocycles. The first kappa shape index (κ1) is 10.0. The minimum atomic E-state index is -0.982. The highest BCUT2D eigenvalue weighted by atomic mass is 35.5. The maximum atomic E-state index is 10.7.